The molecule has 118 valence electrons. The summed E-state index contributed by atoms with van der Waals surface area (Å²) in [6.45, 7) is 2.43. The molecule has 0 aliphatic heterocycles. The van der Waals surface area contributed by atoms with Crippen molar-refractivity contribution in [2.75, 3.05) is 36.9 Å². The maximum atomic E-state index is 11.4. The van der Waals surface area contributed by atoms with E-state index in [2.05, 4.69) is 0 Å². The van der Waals surface area contributed by atoms with Crippen LogP contribution in [0.25, 0.3) is 10.4 Å². The van der Waals surface area contributed by atoms with Crippen LogP contribution < -0.4 is 10.6 Å². The number of hydrogen-bond acceptors (Lipinski definition) is 6. The van der Waals surface area contributed by atoms with Gasteiger partial charge in [-0.3, -0.25) is 4.79 Å². The number of rotatable bonds is 7. The van der Waals surface area contributed by atoms with Gasteiger partial charge in [0.15, 0.2) is 5.78 Å². The van der Waals surface area contributed by atoms with Crippen molar-refractivity contribution < 1.29 is 15.0 Å². The number of Topliss-reactive ketones (excluding diaryl/α,β-unsaturated/α-hetero) is 1. The molecular formula is C16H20N2O3S. The van der Waals surface area contributed by atoms with E-state index in [1.54, 1.807) is 19.1 Å². The van der Waals surface area contributed by atoms with Gasteiger partial charge in [-0.2, -0.15) is 0 Å². The lowest BCUT2D eigenvalue weighted by atomic mass is 10.1. The lowest BCUT2D eigenvalue weighted by molar-refractivity contribution is 0.102. The highest BCUT2D eigenvalue weighted by atomic mass is 32.1. The minimum Gasteiger partial charge on any atom is -0.398 e. The third kappa shape index (κ3) is 3.65. The van der Waals surface area contributed by atoms with E-state index in [1.165, 1.54) is 11.3 Å². The topological polar surface area (TPSA) is 86.8 Å². The summed E-state index contributed by atoms with van der Waals surface area (Å²) >= 11 is 1.41. The molecule has 0 amide bonds. The quantitative estimate of drug-likeness (QED) is 0.536. The number of nitrogen functional groups attached to an aromatic ring is 1. The van der Waals surface area contributed by atoms with Crippen LogP contribution in [0.4, 0.5) is 11.4 Å². The summed E-state index contributed by atoms with van der Waals surface area (Å²) in [5.41, 5.74) is 8.43. The molecule has 1 heterocycles. The molecule has 1 aromatic heterocycles. The number of carbonyl (C=O) groups is 1. The van der Waals surface area contributed by atoms with Gasteiger partial charge < -0.3 is 20.8 Å². The summed E-state index contributed by atoms with van der Waals surface area (Å²) in [6.07, 6.45) is 0. The van der Waals surface area contributed by atoms with Crippen LogP contribution in [0.15, 0.2) is 30.3 Å². The maximum Gasteiger partial charge on any atom is 0.169 e. The van der Waals surface area contributed by atoms with Gasteiger partial charge in [-0.05, 0) is 37.3 Å². The first-order valence-electron chi connectivity index (χ1n) is 7.04. The smallest absolute Gasteiger partial charge is 0.169 e. The molecule has 2 rings (SSSR count). The standard InChI is InChI=1S/C16H20N2O3S/c1-11(21)15-4-5-16(22-15)13-10-12(2-3-14(13)17)18(6-8-19)7-9-20/h2-5,10,19-20H,6-9,17H2,1H3. The molecule has 0 bridgehead atoms. The number of carbonyl (C=O) groups excluding carboxylic acids is 1. The van der Waals surface area contributed by atoms with Crippen molar-refractivity contribution in [3.63, 3.8) is 0 Å². The number of ketones is 1. The van der Waals surface area contributed by atoms with Gasteiger partial charge in [0.05, 0.1) is 18.1 Å². The summed E-state index contributed by atoms with van der Waals surface area (Å²) in [4.78, 5) is 15.0. The predicted octanol–water partition coefficient (Wildman–Crippen LogP) is 1.99. The number of anilines is 2. The summed E-state index contributed by atoms with van der Waals surface area (Å²) in [7, 11) is 0. The zero-order chi connectivity index (χ0) is 16.1. The number of aliphatic hydroxyl groups excluding tert-OH is 2. The second kappa shape index (κ2) is 7.40. The SMILES string of the molecule is CC(=O)c1ccc(-c2cc(N(CCO)CCO)ccc2N)s1. The second-order valence-corrected chi connectivity index (χ2v) is 6.01. The molecule has 0 spiro atoms. The van der Waals surface area contributed by atoms with Crippen molar-refractivity contribution in [1.82, 2.24) is 0 Å². The Balaban J connectivity index is 2.38. The third-order valence-electron chi connectivity index (χ3n) is 3.36. The minimum atomic E-state index is 0.00714. The molecule has 2 aromatic rings. The van der Waals surface area contributed by atoms with Crippen molar-refractivity contribution >= 4 is 28.5 Å². The van der Waals surface area contributed by atoms with Crippen LogP contribution in [0.5, 0.6) is 0 Å². The van der Waals surface area contributed by atoms with E-state index in [4.69, 9.17) is 15.9 Å². The molecule has 0 aliphatic carbocycles. The molecule has 0 saturated heterocycles. The molecule has 4 N–H and O–H groups in total. The minimum absolute atomic E-state index is 0.00714. The zero-order valence-electron chi connectivity index (χ0n) is 12.5. The van der Waals surface area contributed by atoms with E-state index in [9.17, 15) is 4.79 Å². The van der Waals surface area contributed by atoms with Crippen molar-refractivity contribution in [1.29, 1.82) is 0 Å². The molecular weight excluding hydrogens is 300 g/mol. The largest absolute Gasteiger partial charge is 0.398 e. The lowest BCUT2D eigenvalue weighted by Crippen LogP contribution is -2.29. The first-order valence-corrected chi connectivity index (χ1v) is 7.85. The van der Waals surface area contributed by atoms with Gasteiger partial charge in [-0.25, -0.2) is 0 Å². The van der Waals surface area contributed by atoms with E-state index in [0.717, 1.165) is 16.1 Å². The van der Waals surface area contributed by atoms with E-state index in [-0.39, 0.29) is 19.0 Å². The normalized spacial score (nSPS) is 10.7. The highest BCUT2D eigenvalue weighted by Gasteiger charge is 2.12. The number of aliphatic hydroxyl groups is 2. The monoisotopic (exact) mass is 320 g/mol. The molecule has 0 atom stereocenters. The van der Waals surface area contributed by atoms with Crippen LogP contribution in [0.2, 0.25) is 0 Å². The molecule has 1 aromatic carbocycles. The van der Waals surface area contributed by atoms with Crippen LogP contribution in [0, 0.1) is 0 Å². The lowest BCUT2D eigenvalue weighted by Gasteiger charge is -2.23. The zero-order valence-corrected chi connectivity index (χ0v) is 13.3. The van der Waals surface area contributed by atoms with Crippen LogP contribution >= 0.6 is 11.3 Å². The summed E-state index contributed by atoms with van der Waals surface area (Å²) in [5.74, 6) is 0.0353. The van der Waals surface area contributed by atoms with Gasteiger partial charge in [0.1, 0.15) is 0 Å². The summed E-state index contributed by atoms with van der Waals surface area (Å²) in [6, 6.07) is 9.28. The van der Waals surface area contributed by atoms with E-state index >= 15 is 0 Å². The predicted molar refractivity (Wildman–Crippen MR) is 90.6 cm³/mol. The Kier molecular flexibility index (Phi) is 5.54. The molecule has 5 nitrogen and oxygen atoms in total. The number of nitrogens with two attached hydrogens (primary N) is 1. The Morgan fingerprint density at radius 1 is 1.18 bits per heavy atom. The number of benzene rings is 1. The Hall–Kier alpha value is -1.89. The van der Waals surface area contributed by atoms with Gasteiger partial charge >= 0.3 is 0 Å². The number of nitrogens with zero attached hydrogens (tertiary/aromatic N) is 1. The average molecular weight is 320 g/mol. The third-order valence-corrected chi connectivity index (χ3v) is 4.58. The van der Waals surface area contributed by atoms with E-state index in [0.29, 0.717) is 23.7 Å². The molecule has 0 aliphatic rings. The molecule has 0 unspecified atom stereocenters. The Morgan fingerprint density at radius 3 is 2.41 bits per heavy atom. The van der Waals surface area contributed by atoms with Gasteiger partial charge in [-0.1, -0.05) is 0 Å². The van der Waals surface area contributed by atoms with Gasteiger partial charge in [0.25, 0.3) is 0 Å². The van der Waals surface area contributed by atoms with Crippen molar-refractivity contribution in [2.24, 2.45) is 0 Å². The highest BCUT2D eigenvalue weighted by Crippen LogP contribution is 2.35. The van der Waals surface area contributed by atoms with Crippen molar-refractivity contribution in [2.45, 2.75) is 6.92 Å². The first kappa shape index (κ1) is 16.5. The highest BCUT2D eigenvalue weighted by molar-refractivity contribution is 7.17. The Morgan fingerprint density at radius 2 is 1.86 bits per heavy atom. The van der Waals surface area contributed by atoms with Crippen LogP contribution in [0.1, 0.15) is 16.6 Å². The Labute approximate surface area is 133 Å². The van der Waals surface area contributed by atoms with Gasteiger partial charge in [-0.15, -0.1) is 11.3 Å². The average Bonchev–Trinajstić information content (AvgIpc) is 2.97. The van der Waals surface area contributed by atoms with Crippen LogP contribution in [0.3, 0.4) is 0 Å². The van der Waals surface area contributed by atoms with Gasteiger partial charge in [0, 0.05) is 34.9 Å². The fourth-order valence-electron chi connectivity index (χ4n) is 2.24. The van der Waals surface area contributed by atoms with Crippen LogP contribution in [-0.2, 0) is 0 Å². The second-order valence-electron chi connectivity index (χ2n) is 4.93. The Bertz CT molecular complexity index is 649. The van der Waals surface area contributed by atoms with Crippen molar-refractivity contribution in [3.8, 4) is 10.4 Å². The van der Waals surface area contributed by atoms with E-state index < -0.39 is 0 Å². The van der Waals surface area contributed by atoms with E-state index in [1.807, 2.05) is 23.1 Å². The molecule has 6 heteroatoms. The molecule has 0 saturated carbocycles. The molecule has 0 fully saturated rings. The number of hydrogen-bond donors (Lipinski definition) is 3. The van der Waals surface area contributed by atoms with Gasteiger partial charge in [0.2, 0.25) is 0 Å². The summed E-state index contributed by atoms with van der Waals surface area (Å²) < 4.78 is 0. The first-order chi connectivity index (χ1) is 10.6. The molecule has 22 heavy (non-hydrogen) atoms. The van der Waals surface area contributed by atoms with Crippen LogP contribution in [-0.4, -0.2) is 42.3 Å². The maximum absolute atomic E-state index is 11.4. The number of thiophene rings is 1. The molecule has 0 radical (unpaired) electrons. The fraction of sp³-hybridized carbons (Fsp3) is 0.312. The fourth-order valence-corrected chi connectivity index (χ4v) is 3.18. The summed E-state index contributed by atoms with van der Waals surface area (Å²) in [5, 5.41) is 18.3. The van der Waals surface area contributed by atoms with Crippen molar-refractivity contribution in [3.05, 3.63) is 35.2 Å².